The van der Waals surface area contributed by atoms with E-state index >= 15 is 0 Å². The molecule has 0 bridgehead atoms. The SMILES string of the molecule is CC1=NS(=O)(=O)c2cc(C(=O)N3c4ccccc4C[C@H]3C)ccc2N1CC(C)C. The van der Waals surface area contributed by atoms with E-state index in [1.807, 2.05) is 36.1 Å². The highest BCUT2D eigenvalue weighted by molar-refractivity contribution is 7.90. The Hall–Kier alpha value is -2.67. The van der Waals surface area contributed by atoms with Crippen molar-refractivity contribution in [1.29, 1.82) is 0 Å². The molecular weight excluding hydrogens is 386 g/mol. The fourth-order valence-corrected chi connectivity index (χ4v) is 5.40. The van der Waals surface area contributed by atoms with Crippen LogP contribution in [0.25, 0.3) is 0 Å². The third-order valence-electron chi connectivity index (χ3n) is 5.39. The largest absolute Gasteiger partial charge is 0.328 e. The number of para-hydroxylation sites is 1. The van der Waals surface area contributed by atoms with Gasteiger partial charge in [0.05, 0.1) is 5.69 Å². The van der Waals surface area contributed by atoms with Crippen LogP contribution in [0.1, 0.15) is 43.6 Å². The van der Waals surface area contributed by atoms with Gasteiger partial charge in [0.1, 0.15) is 10.7 Å². The topological polar surface area (TPSA) is 70.0 Å². The lowest BCUT2D eigenvalue weighted by Crippen LogP contribution is -2.38. The molecule has 0 saturated heterocycles. The molecule has 0 radical (unpaired) electrons. The summed E-state index contributed by atoms with van der Waals surface area (Å²) in [5, 5.41) is 0. The third-order valence-corrected chi connectivity index (χ3v) is 6.78. The second kappa shape index (κ2) is 6.99. The van der Waals surface area contributed by atoms with Crippen LogP contribution in [0.2, 0.25) is 0 Å². The van der Waals surface area contributed by atoms with E-state index in [1.54, 1.807) is 24.0 Å². The Balaban J connectivity index is 1.77. The summed E-state index contributed by atoms with van der Waals surface area (Å²) in [6.07, 6.45) is 0.788. The molecule has 0 saturated carbocycles. The van der Waals surface area contributed by atoms with Crippen LogP contribution in [0.15, 0.2) is 51.8 Å². The van der Waals surface area contributed by atoms with E-state index < -0.39 is 10.0 Å². The van der Waals surface area contributed by atoms with Crippen molar-refractivity contribution in [2.45, 2.75) is 45.1 Å². The van der Waals surface area contributed by atoms with Crippen molar-refractivity contribution in [1.82, 2.24) is 0 Å². The fourth-order valence-electron chi connectivity index (χ4n) is 4.13. The molecule has 2 aliphatic rings. The van der Waals surface area contributed by atoms with E-state index in [1.165, 1.54) is 6.07 Å². The Bertz CT molecular complexity index is 1120. The molecule has 2 aromatic rings. The molecule has 0 aromatic heterocycles. The number of anilines is 2. The summed E-state index contributed by atoms with van der Waals surface area (Å²) in [6, 6.07) is 12.8. The molecule has 0 unspecified atom stereocenters. The Morgan fingerprint density at radius 2 is 1.90 bits per heavy atom. The van der Waals surface area contributed by atoms with Gasteiger partial charge in [-0.05, 0) is 56.0 Å². The summed E-state index contributed by atoms with van der Waals surface area (Å²) in [4.78, 5) is 17.1. The molecular formula is C22H25N3O3S. The third kappa shape index (κ3) is 3.33. The number of rotatable bonds is 3. The van der Waals surface area contributed by atoms with Gasteiger partial charge in [0.15, 0.2) is 0 Å². The van der Waals surface area contributed by atoms with Crippen molar-refractivity contribution in [3.8, 4) is 0 Å². The normalized spacial score (nSPS) is 19.8. The molecule has 2 aliphatic heterocycles. The minimum Gasteiger partial charge on any atom is -0.328 e. The van der Waals surface area contributed by atoms with Crippen LogP contribution in [0.3, 0.4) is 0 Å². The number of amidine groups is 1. The predicted octanol–water partition coefficient (Wildman–Crippen LogP) is 3.86. The van der Waals surface area contributed by atoms with Gasteiger partial charge in [-0.3, -0.25) is 4.79 Å². The molecule has 4 rings (SSSR count). The maximum Gasteiger partial charge on any atom is 0.286 e. The molecule has 0 spiro atoms. The molecule has 0 aliphatic carbocycles. The lowest BCUT2D eigenvalue weighted by atomic mass is 10.1. The summed E-state index contributed by atoms with van der Waals surface area (Å²) in [5.41, 5.74) is 2.95. The van der Waals surface area contributed by atoms with Crippen molar-refractivity contribution < 1.29 is 13.2 Å². The zero-order valence-electron chi connectivity index (χ0n) is 17.1. The average molecular weight is 412 g/mol. The van der Waals surface area contributed by atoms with E-state index in [0.717, 1.165) is 17.7 Å². The van der Waals surface area contributed by atoms with Crippen molar-refractivity contribution in [3.63, 3.8) is 0 Å². The van der Waals surface area contributed by atoms with Gasteiger partial charge in [-0.25, -0.2) is 0 Å². The minimum atomic E-state index is -3.84. The molecule has 2 heterocycles. The molecule has 7 heteroatoms. The lowest BCUT2D eigenvalue weighted by molar-refractivity contribution is 0.0981. The van der Waals surface area contributed by atoms with Crippen molar-refractivity contribution in [2.24, 2.45) is 10.3 Å². The minimum absolute atomic E-state index is 0.0187. The van der Waals surface area contributed by atoms with Gasteiger partial charge in [0, 0.05) is 23.8 Å². The smallest absolute Gasteiger partial charge is 0.286 e. The number of carbonyl (C=O) groups excluding carboxylic acids is 1. The molecule has 1 atom stereocenters. The zero-order chi connectivity index (χ0) is 20.9. The van der Waals surface area contributed by atoms with Gasteiger partial charge < -0.3 is 9.80 Å². The molecule has 6 nitrogen and oxygen atoms in total. The number of sulfonamides is 1. The first-order valence-electron chi connectivity index (χ1n) is 9.83. The van der Waals surface area contributed by atoms with Crippen LogP contribution in [0.4, 0.5) is 11.4 Å². The summed E-state index contributed by atoms with van der Waals surface area (Å²) in [5.74, 6) is 0.589. The molecule has 29 heavy (non-hydrogen) atoms. The van der Waals surface area contributed by atoms with Crippen LogP contribution in [-0.4, -0.2) is 32.7 Å². The van der Waals surface area contributed by atoms with E-state index in [0.29, 0.717) is 29.5 Å². The van der Waals surface area contributed by atoms with Crippen LogP contribution in [0.5, 0.6) is 0 Å². The first kappa shape index (κ1) is 19.6. The van der Waals surface area contributed by atoms with Gasteiger partial charge in [-0.1, -0.05) is 32.0 Å². The zero-order valence-corrected chi connectivity index (χ0v) is 17.9. The van der Waals surface area contributed by atoms with Crippen molar-refractivity contribution in [3.05, 3.63) is 53.6 Å². The second-order valence-corrected chi connectivity index (χ2v) is 9.73. The van der Waals surface area contributed by atoms with Crippen LogP contribution >= 0.6 is 0 Å². The van der Waals surface area contributed by atoms with Gasteiger partial charge in [0.2, 0.25) is 0 Å². The molecule has 0 fully saturated rings. The van der Waals surface area contributed by atoms with E-state index in [4.69, 9.17) is 0 Å². The average Bonchev–Trinajstić information content (AvgIpc) is 2.99. The van der Waals surface area contributed by atoms with E-state index in [-0.39, 0.29) is 16.8 Å². The number of hydrogen-bond acceptors (Lipinski definition) is 4. The first-order chi connectivity index (χ1) is 13.7. The summed E-state index contributed by atoms with van der Waals surface area (Å²) in [6.45, 7) is 8.50. The summed E-state index contributed by atoms with van der Waals surface area (Å²) in [7, 11) is -3.84. The van der Waals surface area contributed by atoms with E-state index in [2.05, 4.69) is 18.2 Å². The van der Waals surface area contributed by atoms with E-state index in [9.17, 15) is 13.2 Å². The fraction of sp³-hybridized carbons (Fsp3) is 0.364. The maximum atomic E-state index is 13.3. The number of fused-ring (bicyclic) bond motifs is 2. The Kier molecular flexibility index (Phi) is 4.73. The van der Waals surface area contributed by atoms with Crippen molar-refractivity contribution >= 4 is 33.1 Å². The second-order valence-electron chi connectivity index (χ2n) is 8.16. The van der Waals surface area contributed by atoms with Crippen molar-refractivity contribution in [2.75, 3.05) is 16.3 Å². The number of benzene rings is 2. The number of hydrogen-bond donors (Lipinski definition) is 0. The number of carbonyl (C=O) groups is 1. The number of nitrogens with zero attached hydrogens (tertiary/aromatic N) is 3. The Labute approximate surface area is 171 Å². The highest BCUT2D eigenvalue weighted by Gasteiger charge is 2.34. The standard InChI is InChI=1S/C22H25N3O3S/c1-14(2)13-24-16(4)23-29(27,28)21-12-18(9-10-20(21)24)22(26)25-15(3)11-17-7-5-6-8-19(17)25/h5-10,12,14-15H,11,13H2,1-4H3/t15-/m1/s1. The highest BCUT2D eigenvalue weighted by Crippen LogP contribution is 2.36. The molecule has 2 aromatic carbocycles. The van der Waals surface area contributed by atoms with Gasteiger partial charge in [-0.15, -0.1) is 4.40 Å². The van der Waals surface area contributed by atoms with Crippen LogP contribution < -0.4 is 9.80 Å². The maximum absolute atomic E-state index is 13.3. The van der Waals surface area contributed by atoms with Crippen LogP contribution in [-0.2, 0) is 16.4 Å². The van der Waals surface area contributed by atoms with Gasteiger partial charge in [-0.2, -0.15) is 8.42 Å². The number of amides is 1. The molecule has 1 amide bonds. The predicted molar refractivity (Wildman–Crippen MR) is 115 cm³/mol. The van der Waals surface area contributed by atoms with Gasteiger partial charge >= 0.3 is 0 Å². The molecule has 0 N–H and O–H groups in total. The lowest BCUT2D eigenvalue weighted by Gasteiger charge is -2.31. The summed E-state index contributed by atoms with van der Waals surface area (Å²) >= 11 is 0. The quantitative estimate of drug-likeness (QED) is 0.769. The van der Waals surface area contributed by atoms with Gasteiger partial charge in [0.25, 0.3) is 15.9 Å². The molecule has 152 valence electrons. The Morgan fingerprint density at radius 3 is 2.62 bits per heavy atom. The first-order valence-corrected chi connectivity index (χ1v) is 11.3. The van der Waals surface area contributed by atoms with Crippen LogP contribution in [0, 0.1) is 5.92 Å². The summed E-state index contributed by atoms with van der Waals surface area (Å²) < 4.78 is 29.4. The Morgan fingerprint density at radius 1 is 1.17 bits per heavy atom. The monoisotopic (exact) mass is 411 g/mol. The highest BCUT2D eigenvalue weighted by atomic mass is 32.2.